The van der Waals surface area contributed by atoms with Gasteiger partial charge in [0.1, 0.15) is 0 Å². The van der Waals surface area contributed by atoms with E-state index in [-0.39, 0.29) is 0 Å². The van der Waals surface area contributed by atoms with Gasteiger partial charge in [0.05, 0.1) is 0 Å². The lowest BCUT2D eigenvalue weighted by Gasteiger charge is -2.20. The van der Waals surface area contributed by atoms with Crippen molar-refractivity contribution in [2.45, 2.75) is 53.9 Å². The molecule has 0 radical (unpaired) electrons. The summed E-state index contributed by atoms with van der Waals surface area (Å²) in [5, 5.41) is 0. The monoisotopic (exact) mass is 168 g/mol. The van der Waals surface area contributed by atoms with Gasteiger partial charge in [0, 0.05) is 0 Å². The Hall–Kier alpha value is -0.260. The average Bonchev–Trinajstić information content (AvgIpc) is 2.03. The molecule has 0 saturated heterocycles. The second-order valence-electron chi connectivity index (χ2n) is 4.13. The lowest BCUT2D eigenvalue weighted by molar-refractivity contribution is 0.353. The molecule has 0 aliphatic rings. The molecule has 0 aliphatic heterocycles. The van der Waals surface area contributed by atoms with Gasteiger partial charge in [-0.1, -0.05) is 45.3 Å². The van der Waals surface area contributed by atoms with E-state index in [4.69, 9.17) is 0 Å². The first-order valence-electron chi connectivity index (χ1n) is 5.23. The Morgan fingerprint density at radius 2 is 1.92 bits per heavy atom. The lowest BCUT2D eigenvalue weighted by atomic mass is 9.86. The summed E-state index contributed by atoms with van der Waals surface area (Å²) >= 11 is 0. The first-order valence-corrected chi connectivity index (χ1v) is 5.23. The first kappa shape index (κ1) is 11.7. The molecule has 0 aromatic heterocycles. The van der Waals surface area contributed by atoms with Gasteiger partial charge in [0.2, 0.25) is 0 Å². The van der Waals surface area contributed by atoms with Crippen LogP contribution in [0.2, 0.25) is 0 Å². The van der Waals surface area contributed by atoms with Crippen LogP contribution < -0.4 is 0 Å². The molecule has 0 spiro atoms. The minimum atomic E-state index is 0.833. The maximum Gasteiger partial charge on any atom is -0.0292 e. The van der Waals surface area contributed by atoms with E-state index in [9.17, 15) is 0 Å². The molecule has 0 fully saturated rings. The fourth-order valence-corrected chi connectivity index (χ4v) is 1.57. The zero-order valence-electron chi connectivity index (χ0n) is 9.35. The van der Waals surface area contributed by atoms with Crippen LogP contribution in [0.1, 0.15) is 53.9 Å². The van der Waals surface area contributed by atoms with Crippen LogP contribution in [-0.4, -0.2) is 0 Å². The molecule has 1 unspecified atom stereocenters. The molecular weight excluding hydrogens is 144 g/mol. The van der Waals surface area contributed by atoms with Crippen molar-refractivity contribution in [1.29, 1.82) is 0 Å². The molecule has 0 heterocycles. The van der Waals surface area contributed by atoms with Crippen molar-refractivity contribution < 1.29 is 0 Å². The third kappa shape index (κ3) is 4.58. The molecule has 0 aromatic rings. The molecule has 1 atom stereocenters. The minimum Gasteiger partial charge on any atom is -0.0887 e. The van der Waals surface area contributed by atoms with E-state index in [1.54, 1.807) is 5.57 Å². The van der Waals surface area contributed by atoms with E-state index in [2.05, 4.69) is 40.7 Å². The predicted octanol–water partition coefficient (Wildman–Crippen LogP) is 4.42. The molecule has 0 amide bonds. The second-order valence-corrected chi connectivity index (χ2v) is 4.13. The molecule has 0 rings (SSSR count). The topological polar surface area (TPSA) is 0 Å². The van der Waals surface area contributed by atoms with Gasteiger partial charge in [0.15, 0.2) is 0 Å². The summed E-state index contributed by atoms with van der Waals surface area (Å²) in [5.74, 6) is 1.73. The largest absolute Gasteiger partial charge is 0.0887 e. The van der Waals surface area contributed by atoms with Gasteiger partial charge in [0.25, 0.3) is 0 Å². The summed E-state index contributed by atoms with van der Waals surface area (Å²) in [6.45, 7) is 11.3. The highest BCUT2D eigenvalue weighted by Crippen LogP contribution is 2.24. The van der Waals surface area contributed by atoms with Crippen molar-refractivity contribution in [2.24, 2.45) is 11.8 Å². The minimum absolute atomic E-state index is 0.833. The fourth-order valence-electron chi connectivity index (χ4n) is 1.57. The molecule has 0 bridgehead atoms. The van der Waals surface area contributed by atoms with Gasteiger partial charge in [-0.15, -0.1) is 0 Å². The Balaban J connectivity index is 3.95. The SMILES string of the molecule is CC=C(C)CC(CCC)C(C)C. The third-order valence-corrected chi connectivity index (χ3v) is 2.68. The molecular formula is C12H24. The van der Waals surface area contributed by atoms with E-state index >= 15 is 0 Å². The number of hydrogen-bond acceptors (Lipinski definition) is 0. The Morgan fingerprint density at radius 1 is 1.33 bits per heavy atom. The summed E-state index contributed by atoms with van der Waals surface area (Å²) < 4.78 is 0. The predicted molar refractivity (Wildman–Crippen MR) is 57.3 cm³/mol. The zero-order chi connectivity index (χ0) is 9.56. The quantitative estimate of drug-likeness (QED) is 0.533. The van der Waals surface area contributed by atoms with Crippen LogP contribution >= 0.6 is 0 Å². The number of allylic oxidation sites excluding steroid dienone is 2. The second kappa shape index (κ2) is 6.28. The highest BCUT2D eigenvalue weighted by atomic mass is 14.2. The molecule has 0 heteroatoms. The molecule has 0 N–H and O–H groups in total. The molecule has 0 saturated carbocycles. The van der Waals surface area contributed by atoms with Gasteiger partial charge in [-0.05, 0) is 32.1 Å². The van der Waals surface area contributed by atoms with Gasteiger partial charge in [-0.25, -0.2) is 0 Å². The summed E-state index contributed by atoms with van der Waals surface area (Å²) in [5.41, 5.74) is 1.54. The van der Waals surface area contributed by atoms with Gasteiger partial charge in [-0.2, -0.15) is 0 Å². The number of rotatable bonds is 5. The Bertz CT molecular complexity index is 131. The van der Waals surface area contributed by atoms with Crippen molar-refractivity contribution in [3.63, 3.8) is 0 Å². The van der Waals surface area contributed by atoms with Crippen molar-refractivity contribution in [3.8, 4) is 0 Å². The van der Waals surface area contributed by atoms with Crippen LogP contribution in [-0.2, 0) is 0 Å². The van der Waals surface area contributed by atoms with Crippen molar-refractivity contribution >= 4 is 0 Å². The highest BCUT2D eigenvalue weighted by Gasteiger charge is 2.11. The first-order chi connectivity index (χ1) is 5.61. The summed E-state index contributed by atoms with van der Waals surface area (Å²) in [4.78, 5) is 0. The van der Waals surface area contributed by atoms with Gasteiger partial charge in [-0.3, -0.25) is 0 Å². The van der Waals surface area contributed by atoms with Crippen LogP contribution in [0.5, 0.6) is 0 Å². The third-order valence-electron chi connectivity index (χ3n) is 2.68. The summed E-state index contributed by atoms with van der Waals surface area (Å²) in [7, 11) is 0. The maximum absolute atomic E-state index is 2.34. The maximum atomic E-state index is 2.34. The molecule has 72 valence electrons. The van der Waals surface area contributed by atoms with Crippen molar-refractivity contribution in [1.82, 2.24) is 0 Å². The fraction of sp³-hybridized carbons (Fsp3) is 0.833. The smallest absolute Gasteiger partial charge is 0.0292 e. The molecule has 12 heavy (non-hydrogen) atoms. The van der Waals surface area contributed by atoms with Crippen LogP contribution in [0.4, 0.5) is 0 Å². The van der Waals surface area contributed by atoms with Crippen molar-refractivity contribution in [2.75, 3.05) is 0 Å². The Kier molecular flexibility index (Phi) is 6.14. The van der Waals surface area contributed by atoms with Crippen LogP contribution in [0, 0.1) is 11.8 Å². The van der Waals surface area contributed by atoms with E-state index in [1.165, 1.54) is 19.3 Å². The van der Waals surface area contributed by atoms with Crippen LogP contribution in [0.25, 0.3) is 0 Å². The Labute approximate surface area is 78.1 Å². The standard InChI is InChI=1S/C12H24/c1-6-8-12(10(3)4)9-11(5)7-2/h7,10,12H,6,8-9H2,1-5H3. The van der Waals surface area contributed by atoms with E-state index < -0.39 is 0 Å². The van der Waals surface area contributed by atoms with E-state index in [0.29, 0.717) is 0 Å². The van der Waals surface area contributed by atoms with Crippen LogP contribution in [0.3, 0.4) is 0 Å². The number of hydrogen-bond donors (Lipinski definition) is 0. The van der Waals surface area contributed by atoms with Crippen molar-refractivity contribution in [3.05, 3.63) is 11.6 Å². The van der Waals surface area contributed by atoms with Gasteiger partial charge < -0.3 is 0 Å². The Morgan fingerprint density at radius 3 is 2.25 bits per heavy atom. The van der Waals surface area contributed by atoms with Crippen LogP contribution in [0.15, 0.2) is 11.6 Å². The molecule has 0 aliphatic carbocycles. The summed E-state index contributed by atoms with van der Waals surface area (Å²) in [6, 6.07) is 0. The molecule has 0 nitrogen and oxygen atoms in total. The molecule has 0 aromatic carbocycles. The normalized spacial score (nSPS) is 15.3. The van der Waals surface area contributed by atoms with Gasteiger partial charge >= 0.3 is 0 Å². The van der Waals surface area contributed by atoms with E-state index in [1.807, 2.05) is 0 Å². The lowest BCUT2D eigenvalue weighted by Crippen LogP contribution is -2.08. The summed E-state index contributed by atoms with van der Waals surface area (Å²) in [6.07, 6.45) is 6.23. The average molecular weight is 168 g/mol. The zero-order valence-corrected chi connectivity index (χ0v) is 9.35. The highest BCUT2D eigenvalue weighted by molar-refractivity contribution is 4.97. The van der Waals surface area contributed by atoms with E-state index in [0.717, 1.165) is 11.8 Å².